The van der Waals surface area contributed by atoms with Crippen molar-refractivity contribution in [2.24, 2.45) is 5.92 Å². The Hall–Kier alpha value is -0.570. The zero-order chi connectivity index (χ0) is 13.0. The van der Waals surface area contributed by atoms with Gasteiger partial charge in [-0.1, -0.05) is 23.7 Å². The van der Waals surface area contributed by atoms with E-state index < -0.39 is 0 Å². The number of benzene rings is 1. The molecule has 0 spiro atoms. The SMILES string of the molecule is Cc1ccc(CN(C)CC2CCNCC2)c(Cl)c1. The molecule has 100 valence electrons. The van der Waals surface area contributed by atoms with Gasteiger partial charge in [0.25, 0.3) is 0 Å². The fourth-order valence-corrected chi connectivity index (χ4v) is 2.94. The van der Waals surface area contributed by atoms with Gasteiger partial charge < -0.3 is 10.2 Å². The smallest absolute Gasteiger partial charge is 0.0453 e. The molecule has 0 radical (unpaired) electrons. The summed E-state index contributed by atoms with van der Waals surface area (Å²) >= 11 is 6.28. The summed E-state index contributed by atoms with van der Waals surface area (Å²) < 4.78 is 0. The molecule has 0 aromatic heterocycles. The third kappa shape index (κ3) is 3.98. The topological polar surface area (TPSA) is 15.3 Å². The first-order chi connectivity index (χ1) is 8.65. The van der Waals surface area contributed by atoms with Crippen LogP contribution in [0.25, 0.3) is 0 Å². The normalized spacial score (nSPS) is 17.3. The lowest BCUT2D eigenvalue weighted by molar-refractivity contribution is 0.234. The molecule has 3 heteroatoms. The number of hydrogen-bond acceptors (Lipinski definition) is 2. The number of piperidine rings is 1. The Bertz CT molecular complexity index is 386. The van der Waals surface area contributed by atoms with E-state index in [4.69, 9.17) is 11.6 Å². The molecular weight excluding hydrogens is 244 g/mol. The van der Waals surface area contributed by atoms with Crippen LogP contribution in [-0.4, -0.2) is 31.6 Å². The molecule has 0 bridgehead atoms. The largest absolute Gasteiger partial charge is 0.317 e. The Labute approximate surface area is 115 Å². The van der Waals surface area contributed by atoms with Gasteiger partial charge in [-0.2, -0.15) is 0 Å². The predicted octanol–water partition coefficient (Wildman–Crippen LogP) is 3.08. The Morgan fingerprint density at radius 2 is 2.06 bits per heavy atom. The van der Waals surface area contributed by atoms with Crippen LogP contribution in [0.5, 0.6) is 0 Å². The lowest BCUT2D eigenvalue weighted by Crippen LogP contribution is -2.34. The molecule has 1 saturated heterocycles. The highest BCUT2D eigenvalue weighted by molar-refractivity contribution is 6.31. The minimum absolute atomic E-state index is 0.834. The highest BCUT2D eigenvalue weighted by Crippen LogP contribution is 2.20. The van der Waals surface area contributed by atoms with Gasteiger partial charge in [0.15, 0.2) is 0 Å². The van der Waals surface area contributed by atoms with E-state index in [2.05, 4.69) is 42.4 Å². The molecule has 1 heterocycles. The van der Waals surface area contributed by atoms with Gasteiger partial charge in [-0.15, -0.1) is 0 Å². The monoisotopic (exact) mass is 266 g/mol. The van der Waals surface area contributed by atoms with Gasteiger partial charge in [0.05, 0.1) is 0 Å². The lowest BCUT2D eigenvalue weighted by atomic mass is 9.97. The van der Waals surface area contributed by atoms with Gasteiger partial charge in [0.1, 0.15) is 0 Å². The van der Waals surface area contributed by atoms with Gasteiger partial charge in [0, 0.05) is 18.1 Å². The second-order valence-electron chi connectivity index (χ2n) is 5.48. The number of halogens is 1. The van der Waals surface area contributed by atoms with Crippen molar-refractivity contribution in [1.29, 1.82) is 0 Å². The summed E-state index contributed by atoms with van der Waals surface area (Å²) in [5.41, 5.74) is 2.46. The van der Waals surface area contributed by atoms with Crippen molar-refractivity contribution in [2.75, 3.05) is 26.7 Å². The molecule has 1 aliphatic heterocycles. The van der Waals surface area contributed by atoms with E-state index in [0.717, 1.165) is 17.5 Å². The molecule has 1 N–H and O–H groups in total. The Morgan fingerprint density at radius 3 is 2.72 bits per heavy atom. The number of nitrogens with zero attached hydrogens (tertiary/aromatic N) is 1. The van der Waals surface area contributed by atoms with Crippen molar-refractivity contribution in [3.05, 3.63) is 34.3 Å². The van der Waals surface area contributed by atoms with Crippen LogP contribution in [0.15, 0.2) is 18.2 Å². The molecule has 1 aliphatic rings. The number of rotatable bonds is 4. The van der Waals surface area contributed by atoms with Crippen molar-refractivity contribution in [3.8, 4) is 0 Å². The molecule has 0 aliphatic carbocycles. The molecule has 0 unspecified atom stereocenters. The van der Waals surface area contributed by atoms with E-state index in [1.165, 1.54) is 43.6 Å². The van der Waals surface area contributed by atoms with Crippen molar-refractivity contribution < 1.29 is 0 Å². The van der Waals surface area contributed by atoms with Crippen molar-refractivity contribution >= 4 is 11.6 Å². The van der Waals surface area contributed by atoms with Gasteiger partial charge in [-0.25, -0.2) is 0 Å². The van der Waals surface area contributed by atoms with Crippen LogP contribution in [0.2, 0.25) is 5.02 Å². The number of hydrogen-bond donors (Lipinski definition) is 1. The maximum absolute atomic E-state index is 6.28. The zero-order valence-corrected chi connectivity index (χ0v) is 12.1. The quantitative estimate of drug-likeness (QED) is 0.901. The average molecular weight is 267 g/mol. The van der Waals surface area contributed by atoms with E-state index in [1.54, 1.807) is 0 Å². The third-order valence-electron chi connectivity index (χ3n) is 3.68. The molecule has 0 atom stereocenters. The summed E-state index contributed by atoms with van der Waals surface area (Å²) in [6, 6.07) is 6.34. The lowest BCUT2D eigenvalue weighted by Gasteiger charge is -2.27. The van der Waals surface area contributed by atoms with Crippen LogP contribution in [-0.2, 0) is 6.54 Å². The summed E-state index contributed by atoms with van der Waals surface area (Å²) in [7, 11) is 2.19. The molecule has 18 heavy (non-hydrogen) atoms. The van der Waals surface area contributed by atoms with Gasteiger partial charge in [0.2, 0.25) is 0 Å². The van der Waals surface area contributed by atoms with Crippen LogP contribution in [0, 0.1) is 12.8 Å². The summed E-state index contributed by atoms with van der Waals surface area (Å²) in [6.07, 6.45) is 2.60. The van der Waals surface area contributed by atoms with Crippen LogP contribution in [0.4, 0.5) is 0 Å². The van der Waals surface area contributed by atoms with Crippen LogP contribution in [0.3, 0.4) is 0 Å². The first-order valence-electron chi connectivity index (χ1n) is 6.79. The maximum atomic E-state index is 6.28. The molecule has 1 aromatic rings. The summed E-state index contributed by atoms with van der Waals surface area (Å²) in [5, 5.41) is 4.31. The van der Waals surface area contributed by atoms with E-state index in [9.17, 15) is 0 Å². The van der Waals surface area contributed by atoms with Crippen LogP contribution < -0.4 is 5.32 Å². The first-order valence-corrected chi connectivity index (χ1v) is 7.17. The first kappa shape index (κ1) is 13.9. The van der Waals surface area contributed by atoms with Crippen molar-refractivity contribution in [1.82, 2.24) is 10.2 Å². The summed E-state index contributed by atoms with van der Waals surface area (Å²) in [4.78, 5) is 2.40. The summed E-state index contributed by atoms with van der Waals surface area (Å²) in [5.74, 6) is 0.834. The summed E-state index contributed by atoms with van der Waals surface area (Å²) in [6.45, 7) is 6.54. The van der Waals surface area contributed by atoms with E-state index >= 15 is 0 Å². The highest BCUT2D eigenvalue weighted by atomic mass is 35.5. The maximum Gasteiger partial charge on any atom is 0.0453 e. The Morgan fingerprint density at radius 1 is 1.33 bits per heavy atom. The van der Waals surface area contributed by atoms with Crippen LogP contribution >= 0.6 is 11.6 Å². The molecule has 1 aromatic carbocycles. The van der Waals surface area contributed by atoms with Crippen molar-refractivity contribution in [2.45, 2.75) is 26.3 Å². The fraction of sp³-hybridized carbons (Fsp3) is 0.600. The average Bonchev–Trinajstić information content (AvgIpc) is 2.34. The highest BCUT2D eigenvalue weighted by Gasteiger charge is 2.15. The van der Waals surface area contributed by atoms with Gasteiger partial charge in [-0.3, -0.25) is 0 Å². The van der Waals surface area contributed by atoms with E-state index in [0.29, 0.717) is 0 Å². The second-order valence-corrected chi connectivity index (χ2v) is 5.89. The minimum atomic E-state index is 0.834. The van der Waals surface area contributed by atoms with Gasteiger partial charge >= 0.3 is 0 Å². The minimum Gasteiger partial charge on any atom is -0.317 e. The third-order valence-corrected chi connectivity index (χ3v) is 4.03. The molecule has 1 fully saturated rings. The van der Waals surface area contributed by atoms with E-state index in [-0.39, 0.29) is 0 Å². The molecule has 2 nitrogen and oxygen atoms in total. The second kappa shape index (κ2) is 6.55. The molecular formula is C15H23ClN2. The Balaban J connectivity index is 1.87. The van der Waals surface area contributed by atoms with Gasteiger partial charge in [-0.05, 0) is 63.0 Å². The van der Waals surface area contributed by atoms with Crippen molar-refractivity contribution in [3.63, 3.8) is 0 Å². The Kier molecular flexibility index (Phi) is 5.04. The fourth-order valence-electron chi connectivity index (χ4n) is 2.64. The molecule has 2 rings (SSSR count). The van der Waals surface area contributed by atoms with E-state index in [1.807, 2.05) is 0 Å². The predicted molar refractivity (Wildman–Crippen MR) is 78.1 cm³/mol. The number of nitrogens with one attached hydrogen (secondary N) is 1. The molecule has 0 amide bonds. The molecule has 0 saturated carbocycles. The number of aryl methyl sites for hydroxylation is 1. The van der Waals surface area contributed by atoms with Crippen LogP contribution in [0.1, 0.15) is 24.0 Å². The zero-order valence-electron chi connectivity index (χ0n) is 11.4. The standard InChI is InChI=1S/C15H23ClN2/c1-12-3-4-14(15(16)9-12)11-18(2)10-13-5-7-17-8-6-13/h3-4,9,13,17H,5-8,10-11H2,1-2H3.